The molecule has 0 saturated carbocycles. The van der Waals surface area contributed by atoms with E-state index in [1.165, 1.54) is 24.1 Å². The molecule has 4 aliphatic rings. The van der Waals surface area contributed by atoms with Crippen LogP contribution in [-0.4, -0.2) is 151 Å². The zero-order chi connectivity index (χ0) is 45.5. The summed E-state index contributed by atoms with van der Waals surface area (Å²) >= 11 is 0. The molecular formula is C47H72N8O8. The number of aliphatic hydroxyl groups excluding tert-OH is 1. The second-order valence-electron chi connectivity index (χ2n) is 18.0. The van der Waals surface area contributed by atoms with Crippen molar-refractivity contribution >= 4 is 52.7 Å². The Morgan fingerprint density at radius 1 is 0.762 bits per heavy atom. The average molecular weight is 877 g/mol. The van der Waals surface area contributed by atoms with Gasteiger partial charge in [-0.1, -0.05) is 45.4 Å². The molecule has 3 aliphatic heterocycles. The van der Waals surface area contributed by atoms with Crippen LogP contribution in [0, 0.1) is 0 Å². The van der Waals surface area contributed by atoms with Gasteiger partial charge in [-0.3, -0.25) is 24.0 Å². The maximum absolute atomic E-state index is 13.8. The number of allylic oxidation sites excluding steroid dienone is 2. The molecule has 2 fully saturated rings. The third-order valence-corrected chi connectivity index (χ3v) is 12.1. The smallest absolute Gasteiger partial charge is 0.307 e. The van der Waals surface area contributed by atoms with Crippen LogP contribution in [0.25, 0.3) is 5.57 Å². The van der Waals surface area contributed by atoms with E-state index < -0.39 is 17.2 Å². The van der Waals surface area contributed by atoms with Crippen molar-refractivity contribution in [2.75, 3.05) is 89.9 Å². The molecule has 0 radical (unpaired) electrons. The van der Waals surface area contributed by atoms with Crippen molar-refractivity contribution in [3.05, 3.63) is 40.7 Å². The van der Waals surface area contributed by atoms with Crippen molar-refractivity contribution in [2.45, 2.75) is 123 Å². The molecule has 0 aromatic heterocycles. The Morgan fingerprint density at radius 2 is 1.32 bits per heavy atom. The Balaban J connectivity index is 1.34. The maximum Gasteiger partial charge on any atom is 0.307 e. The summed E-state index contributed by atoms with van der Waals surface area (Å²) in [6.07, 6.45) is 13.8. The lowest BCUT2D eigenvalue weighted by molar-refractivity contribution is -0.145. The molecule has 0 spiro atoms. The van der Waals surface area contributed by atoms with Crippen molar-refractivity contribution in [1.29, 1.82) is 0 Å². The molecule has 0 atom stereocenters. The van der Waals surface area contributed by atoms with E-state index in [0.717, 1.165) is 77.5 Å². The number of hydrogen-bond acceptors (Lipinski definition) is 14. The summed E-state index contributed by atoms with van der Waals surface area (Å²) in [6, 6.07) is 5.13. The zero-order valence-electron chi connectivity index (χ0n) is 38.7. The quantitative estimate of drug-likeness (QED) is 0.0737. The van der Waals surface area contributed by atoms with E-state index in [4.69, 9.17) is 9.47 Å². The molecule has 348 valence electrons. The molecule has 16 heteroatoms. The molecule has 1 aromatic rings. The fourth-order valence-electron chi connectivity index (χ4n) is 8.32. The van der Waals surface area contributed by atoms with Crippen LogP contribution in [-0.2, 0) is 33.4 Å². The van der Waals surface area contributed by atoms with E-state index in [1.54, 1.807) is 18.2 Å². The van der Waals surface area contributed by atoms with Crippen molar-refractivity contribution < 1.29 is 38.6 Å². The molecule has 2 amide bonds. The maximum atomic E-state index is 13.8. The van der Waals surface area contributed by atoms with Crippen LogP contribution in [0.3, 0.4) is 0 Å². The summed E-state index contributed by atoms with van der Waals surface area (Å²) in [5, 5.41) is 28.6. The molecule has 0 bridgehead atoms. The summed E-state index contributed by atoms with van der Waals surface area (Å²) in [7, 11) is 3.99. The van der Waals surface area contributed by atoms with Crippen LogP contribution in [0.1, 0.15) is 123 Å². The van der Waals surface area contributed by atoms with Crippen molar-refractivity contribution in [2.24, 2.45) is 5.10 Å². The van der Waals surface area contributed by atoms with Gasteiger partial charge in [0.25, 0.3) is 5.91 Å². The van der Waals surface area contributed by atoms with Gasteiger partial charge in [-0.2, -0.15) is 5.10 Å². The van der Waals surface area contributed by atoms with E-state index in [9.17, 15) is 29.1 Å². The SMILES string of the molecule is CCCCCCCC(=O)Nc1cc(N(CCOC(=O)CCN(C)N2CCCCC2)CCOC(=O)CCN(C)N2CCCCC2)ccc1C1=C(O)/C(=C2/C=NN(C(C)(C)C)C2=O)C1=O. The van der Waals surface area contributed by atoms with Gasteiger partial charge in [0.15, 0.2) is 0 Å². The number of anilines is 2. The van der Waals surface area contributed by atoms with Gasteiger partial charge in [0.1, 0.15) is 19.0 Å². The molecule has 3 heterocycles. The number of ether oxygens (including phenoxy) is 2. The minimum absolute atomic E-state index is 0.0111. The highest BCUT2D eigenvalue weighted by Crippen LogP contribution is 2.43. The lowest BCUT2D eigenvalue weighted by Gasteiger charge is -2.34. The van der Waals surface area contributed by atoms with Gasteiger partial charge in [0, 0.05) is 71.0 Å². The fraction of sp³-hybridized carbons (Fsp3) is 0.660. The first-order valence-electron chi connectivity index (χ1n) is 23.2. The van der Waals surface area contributed by atoms with E-state index in [2.05, 4.69) is 37.4 Å². The topological polar surface area (TPSA) is 168 Å². The average Bonchev–Trinajstić information content (AvgIpc) is 3.65. The third kappa shape index (κ3) is 13.9. The Hall–Kier alpha value is -4.64. The van der Waals surface area contributed by atoms with Crippen LogP contribution in [0.4, 0.5) is 11.4 Å². The van der Waals surface area contributed by atoms with Crippen molar-refractivity contribution in [1.82, 2.24) is 25.0 Å². The third-order valence-electron chi connectivity index (χ3n) is 12.1. The van der Waals surface area contributed by atoms with Crippen LogP contribution in [0.5, 0.6) is 0 Å². The summed E-state index contributed by atoms with van der Waals surface area (Å²) in [4.78, 5) is 68.3. The van der Waals surface area contributed by atoms with Crippen LogP contribution >= 0.6 is 0 Å². The molecule has 1 aromatic carbocycles. The first-order chi connectivity index (χ1) is 30.2. The predicted molar refractivity (Wildman–Crippen MR) is 245 cm³/mol. The number of hydrazine groups is 2. The second-order valence-corrected chi connectivity index (χ2v) is 18.0. The number of nitrogens with one attached hydrogen (secondary N) is 1. The highest BCUT2D eigenvalue weighted by atomic mass is 16.5. The lowest BCUT2D eigenvalue weighted by atomic mass is 9.80. The second kappa shape index (κ2) is 23.9. The predicted octanol–water partition coefficient (Wildman–Crippen LogP) is 6.10. The minimum atomic E-state index is -0.635. The summed E-state index contributed by atoms with van der Waals surface area (Å²) in [5.41, 5.74) is 0.458. The monoisotopic (exact) mass is 877 g/mol. The first-order valence-corrected chi connectivity index (χ1v) is 23.2. The van der Waals surface area contributed by atoms with Crippen molar-refractivity contribution in [3.63, 3.8) is 0 Å². The van der Waals surface area contributed by atoms with Gasteiger partial charge < -0.3 is 24.8 Å². The Bertz CT molecular complexity index is 1810. The standard InChI is InChI=1S/C47H72N8O8/c1-7-8-9-10-13-18-39(56)49-38-33-35(19-20-36(38)42-44(59)43(45(42)60)37-34-48-55(46(37)61)47(2,3)4)52(29-31-62-40(57)21-27-50(5)53-23-14-11-15-24-53)30-32-63-41(58)22-28-51(6)54-25-16-12-17-26-54/h19-20,33-34,59H,7-18,21-32H2,1-6H3,(H,49,56)/b43-37+. The molecule has 16 nitrogen and oxygen atoms in total. The Labute approximate surface area is 374 Å². The van der Waals surface area contributed by atoms with E-state index in [0.29, 0.717) is 36.4 Å². The molecule has 63 heavy (non-hydrogen) atoms. The normalized spacial score (nSPS) is 18.7. The fourth-order valence-corrected chi connectivity index (χ4v) is 8.32. The number of carbonyl (C=O) groups is 5. The minimum Gasteiger partial charge on any atom is -0.506 e. The Kier molecular flexibility index (Phi) is 18.7. The first kappa shape index (κ1) is 49.4. The number of piperidine rings is 2. The largest absolute Gasteiger partial charge is 0.506 e. The van der Waals surface area contributed by atoms with Crippen LogP contribution < -0.4 is 10.2 Å². The van der Waals surface area contributed by atoms with Gasteiger partial charge in [0.2, 0.25) is 11.7 Å². The number of esters is 2. The van der Waals surface area contributed by atoms with Gasteiger partial charge in [0.05, 0.1) is 60.1 Å². The number of benzene rings is 1. The molecule has 0 unspecified atom stereocenters. The summed E-state index contributed by atoms with van der Waals surface area (Å²) in [5.74, 6) is -2.25. The number of nitrogens with zero attached hydrogens (tertiary/aromatic N) is 7. The molecule has 2 saturated heterocycles. The Morgan fingerprint density at radius 3 is 1.83 bits per heavy atom. The van der Waals surface area contributed by atoms with Gasteiger partial charge in [-0.05, 0) is 71.1 Å². The molecular weight excluding hydrogens is 805 g/mol. The lowest BCUT2D eigenvalue weighted by Crippen LogP contribution is -2.44. The highest BCUT2D eigenvalue weighted by molar-refractivity contribution is 6.43. The highest BCUT2D eigenvalue weighted by Gasteiger charge is 2.43. The van der Waals surface area contributed by atoms with Crippen molar-refractivity contribution in [3.8, 4) is 0 Å². The number of Topliss-reactive ketones (excluding diaryl/α,β-unsaturated/α-hetero) is 1. The van der Waals surface area contributed by atoms with Crippen LogP contribution in [0.2, 0.25) is 0 Å². The summed E-state index contributed by atoms with van der Waals surface area (Å²) in [6.45, 7) is 13.2. The van der Waals surface area contributed by atoms with E-state index >= 15 is 0 Å². The number of aliphatic hydroxyl groups is 1. The number of unbranched alkanes of at least 4 members (excludes halogenated alkanes) is 4. The zero-order valence-corrected chi connectivity index (χ0v) is 38.7. The number of amides is 2. The molecule has 2 N–H and O–H groups in total. The number of rotatable bonds is 23. The number of hydrazone groups is 1. The number of carbonyl (C=O) groups excluding carboxylic acids is 5. The number of hydrogen-bond donors (Lipinski definition) is 2. The van der Waals surface area contributed by atoms with Crippen LogP contribution in [0.15, 0.2) is 40.2 Å². The van der Waals surface area contributed by atoms with Gasteiger partial charge >= 0.3 is 11.9 Å². The van der Waals surface area contributed by atoms with Gasteiger partial charge in [-0.25, -0.2) is 25.0 Å². The van der Waals surface area contributed by atoms with E-state index in [1.807, 2.05) is 39.8 Å². The van der Waals surface area contributed by atoms with E-state index in [-0.39, 0.29) is 85.9 Å². The number of ketones is 1. The molecule has 1 aliphatic carbocycles. The summed E-state index contributed by atoms with van der Waals surface area (Å²) < 4.78 is 11.4. The van der Waals surface area contributed by atoms with Gasteiger partial charge in [-0.15, -0.1) is 0 Å². The molecule has 5 rings (SSSR count).